The molecule has 2 aromatic rings. The maximum absolute atomic E-state index is 5.93. The van der Waals surface area contributed by atoms with Gasteiger partial charge in [-0.2, -0.15) is 0 Å². The minimum Gasteiger partial charge on any atom is -0.453 e. The summed E-state index contributed by atoms with van der Waals surface area (Å²) in [6, 6.07) is 2.04. The molecule has 80 valence electrons. The van der Waals surface area contributed by atoms with Crippen LogP contribution in [0.4, 0.5) is 0 Å². The standard InChI is InChI=1S/C10H11ClN2OS/c1-12-8(6-9-13-3-5-15-9)7-2-4-14-10(7)11/h2-5,8,12H,6H2,1H3. The predicted octanol–water partition coefficient (Wildman–Crippen LogP) is 2.89. The first-order valence-electron chi connectivity index (χ1n) is 4.59. The molecule has 0 saturated heterocycles. The van der Waals surface area contributed by atoms with Crippen LogP contribution in [0, 0.1) is 0 Å². The highest BCUT2D eigenvalue weighted by molar-refractivity contribution is 7.09. The van der Waals surface area contributed by atoms with E-state index in [2.05, 4.69) is 10.3 Å². The Morgan fingerprint density at radius 3 is 3.07 bits per heavy atom. The van der Waals surface area contributed by atoms with E-state index in [0.29, 0.717) is 5.22 Å². The smallest absolute Gasteiger partial charge is 0.197 e. The summed E-state index contributed by atoms with van der Waals surface area (Å²) in [6.45, 7) is 0. The number of hydrogen-bond acceptors (Lipinski definition) is 4. The summed E-state index contributed by atoms with van der Waals surface area (Å²) in [6.07, 6.45) is 4.24. The number of furan rings is 1. The van der Waals surface area contributed by atoms with Gasteiger partial charge in [0.15, 0.2) is 5.22 Å². The van der Waals surface area contributed by atoms with Crippen LogP contribution in [0.2, 0.25) is 5.22 Å². The molecule has 1 unspecified atom stereocenters. The number of rotatable bonds is 4. The molecule has 2 rings (SSSR count). The van der Waals surface area contributed by atoms with E-state index in [4.69, 9.17) is 16.0 Å². The molecule has 1 N–H and O–H groups in total. The summed E-state index contributed by atoms with van der Waals surface area (Å²) in [5.41, 5.74) is 0.981. The van der Waals surface area contributed by atoms with Crippen molar-refractivity contribution in [3.8, 4) is 0 Å². The van der Waals surface area contributed by atoms with Gasteiger partial charge in [-0.1, -0.05) is 0 Å². The Morgan fingerprint density at radius 1 is 1.67 bits per heavy atom. The van der Waals surface area contributed by atoms with Gasteiger partial charge < -0.3 is 9.73 Å². The highest BCUT2D eigenvalue weighted by Crippen LogP contribution is 2.26. The van der Waals surface area contributed by atoms with Gasteiger partial charge in [-0.05, 0) is 24.7 Å². The second kappa shape index (κ2) is 4.79. The lowest BCUT2D eigenvalue weighted by atomic mass is 10.1. The van der Waals surface area contributed by atoms with Gasteiger partial charge in [-0.25, -0.2) is 4.98 Å². The summed E-state index contributed by atoms with van der Waals surface area (Å²) in [5, 5.41) is 6.72. The van der Waals surface area contributed by atoms with Crippen molar-refractivity contribution in [3.63, 3.8) is 0 Å². The number of thiazole rings is 1. The molecule has 5 heteroatoms. The quantitative estimate of drug-likeness (QED) is 0.896. The highest BCUT2D eigenvalue weighted by atomic mass is 35.5. The monoisotopic (exact) mass is 242 g/mol. The first-order chi connectivity index (χ1) is 7.31. The lowest BCUT2D eigenvalue weighted by Crippen LogP contribution is -2.18. The van der Waals surface area contributed by atoms with Crippen molar-refractivity contribution in [2.45, 2.75) is 12.5 Å². The zero-order valence-electron chi connectivity index (χ0n) is 8.24. The van der Waals surface area contributed by atoms with Gasteiger partial charge in [0.25, 0.3) is 0 Å². The molecule has 0 radical (unpaired) electrons. The third-order valence-electron chi connectivity index (χ3n) is 2.23. The highest BCUT2D eigenvalue weighted by Gasteiger charge is 2.16. The topological polar surface area (TPSA) is 38.1 Å². The molecule has 3 nitrogen and oxygen atoms in total. The van der Waals surface area contributed by atoms with Crippen LogP contribution in [0.15, 0.2) is 28.3 Å². The SMILES string of the molecule is CNC(Cc1nccs1)c1ccoc1Cl. The minimum atomic E-state index is 0.155. The van der Waals surface area contributed by atoms with Crippen molar-refractivity contribution in [2.75, 3.05) is 7.05 Å². The van der Waals surface area contributed by atoms with E-state index in [1.165, 1.54) is 0 Å². The molecule has 0 fully saturated rings. The molecule has 15 heavy (non-hydrogen) atoms. The number of hydrogen-bond donors (Lipinski definition) is 1. The molecule has 0 saturated carbocycles. The van der Waals surface area contributed by atoms with Crippen LogP contribution in [-0.4, -0.2) is 12.0 Å². The van der Waals surface area contributed by atoms with Crippen molar-refractivity contribution >= 4 is 22.9 Å². The van der Waals surface area contributed by atoms with E-state index in [9.17, 15) is 0 Å². The maximum atomic E-state index is 5.93. The Balaban J connectivity index is 2.15. The zero-order valence-corrected chi connectivity index (χ0v) is 9.81. The van der Waals surface area contributed by atoms with Gasteiger partial charge in [0.2, 0.25) is 0 Å². The summed E-state index contributed by atoms with van der Waals surface area (Å²) in [4.78, 5) is 4.25. The van der Waals surface area contributed by atoms with Crippen molar-refractivity contribution in [3.05, 3.63) is 39.7 Å². The van der Waals surface area contributed by atoms with Crippen LogP contribution < -0.4 is 5.32 Å². The fourth-order valence-electron chi connectivity index (χ4n) is 1.45. The second-order valence-corrected chi connectivity index (χ2v) is 4.44. The third kappa shape index (κ3) is 2.40. The van der Waals surface area contributed by atoms with Crippen molar-refractivity contribution in [2.24, 2.45) is 0 Å². The van der Waals surface area contributed by atoms with Gasteiger partial charge in [0.1, 0.15) is 0 Å². The number of nitrogens with zero attached hydrogens (tertiary/aromatic N) is 1. The van der Waals surface area contributed by atoms with Crippen molar-refractivity contribution < 1.29 is 4.42 Å². The van der Waals surface area contributed by atoms with Gasteiger partial charge in [0, 0.05) is 29.6 Å². The number of aromatic nitrogens is 1. The Morgan fingerprint density at radius 2 is 2.53 bits per heavy atom. The average Bonchev–Trinajstić information content (AvgIpc) is 2.85. The van der Waals surface area contributed by atoms with Crippen LogP contribution >= 0.6 is 22.9 Å². The fraction of sp³-hybridized carbons (Fsp3) is 0.300. The zero-order chi connectivity index (χ0) is 10.7. The molecule has 2 heterocycles. The Kier molecular flexibility index (Phi) is 3.41. The molecule has 0 aromatic carbocycles. The fourth-order valence-corrected chi connectivity index (χ4v) is 2.36. The Hall–Kier alpha value is -0.840. The van der Waals surface area contributed by atoms with E-state index in [0.717, 1.165) is 17.0 Å². The van der Waals surface area contributed by atoms with E-state index < -0.39 is 0 Å². The predicted molar refractivity (Wildman–Crippen MR) is 61.3 cm³/mol. The molecule has 0 bridgehead atoms. The number of halogens is 1. The summed E-state index contributed by atoms with van der Waals surface area (Å²) < 4.78 is 5.07. The normalized spacial score (nSPS) is 12.9. The maximum Gasteiger partial charge on any atom is 0.197 e. The van der Waals surface area contributed by atoms with E-state index in [-0.39, 0.29) is 6.04 Å². The lowest BCUT2D eigenvalue weighted by molar-refractivity contribution is 0.544. The Labute approximate surface area is 97.1 Å². The number of nitrogens with one attached hydrogen (secondary N) is 1. The second-order valence-electron chi connectivity index (χ2n) is 3.12. The third-order valence-corrected chi connectivity index (χ3v) is 3.34. The average molecular weight is 243 g/mol. The van der Waals surface area contributed by atoms with Gasteiger partial charge in [0.05, 0.1) is 11.3 Å². The molecule has 2 aromatic heterocycles. The molecule has 0 spiro atoms. The van der Waals surface area contributed by atoms with Gasteiger partial charge in [-0.15, -0.1) is 11.3 Å². The molecule has 1 atom stereocenters. The van der Waals surface area contributed by atoms with E-state index >= 15 is 0 Å². The van der Waals surface area contributed by atoms with Gasteiger partial charge in [-0.3, -0.25) is 0 Å². The van der Waals surface area contributed by atoms with Crippen molar-refractivity contribution in [1.29, 1.82) is 0 Å². The molecular weight excluding hydrogens is 232 g/mol. The first kappa shape index (κ1) is 10.7. The van der Waals surface area contributed by atoms with Crippen LogP contribution in [-0.2, 0) is 6.42 Å². The van der Waals surface area contributed by atoms with Crippen LogP contribution in [0.3, 0.4) is 0 Å². The largest absolute Gasteiger partial charge is 0.453 e. The Bertz CT molecular complexity index is 413. The number of likely N-dealkylation sites (N-methyl/N-ethyl adjacent to an activating group) is 1. The van der Waals surface area contributed by atoms with Crippen LogP contribution in [0.25, 0.3) is 0 Å². The summed E-state index contributed by atoms with van der Waals surface area (Å²) in [7, 11) is 1.90. The molecule has 0 aliphatic carbocycles. The van der Waals surface area contributed by atoms with Crippen LogP contribution in [0.1, 0.15) is 16.6 Å². The van der Waals surface area contributed by atoms with Gasteiger partial charge >= 0.3 is 0 Å². The summed E-state index contributed by atoms with van der Waals surface area (Å²) >= 11 is 7.57. The molecular formula is C10H11ClN2OS. The lowest BCUT2D eigenvalue weighted by Gasteiger charge is -2.12. The van der Waals surface area contributed by atoms with E-state index in [1.54, 1.807) is 17.6 Å². The molecule has 0 aliphatic heterocycles. The van der Waals surface area contributed by atoms with Crippen molar-refractivity contribution in [1.82, 2.24) is 10.3 Å². The minimum absolute atomic E-state index is 0.155. The summed E-state index contributed by atoms with van der Waals surface area (Å²) in [5.74, 6) is 0. The van der Waals surface area contributed by atoms with Crippen LogP contribution in [0.5, 0.6) is 0 Å². The van der Waals surface area contributed by atoms with E-state index in [1.807, 2.05) is 24.7 Å². The molecule has 0 aliphatic rings. The first-order valence-corrected chi connectivity index (χ1v) is 5.85. The molecule has 0 amide bonds.